The molecule has 6 heteroatoms. The van der Waals surface area contributed by atoms with E-state index in [0.717, 1.165) is 11.5 Å². The number of hydrogen-bond donors (Lipinski definition) is 1. The minimum absolute atomic E-state index is 0.0511. The van der Waals surface area contributed by atoms with Gasteiger partial charge < -0.3 is 5.73 Å². The van der Waals surface area contributed by atoms with E-state index in [9.17, 15) is 8.78 Å². The molecule has 1 rings (SSSR count). The molecule has 0 saturated heterocycles. The summed E-state index contributed by atoms with van der Waals surface area (Å²) in [5.74, 6) is -2.91. The van der Waals surface area contributed by atoms with Gasteiger partial charge in [-0.1, -0.05) is 4.49 Å². The Labute approximate surface area is 66.4 Å². The van der Waals surface area contributed by atoms with E-state index in [1.807, 2.05) is 0 Å². The predicted molar refractivity (Wildman–Crippen MR) is 37.5 cm³/mol. The summed E-state index contributed by atoms with van der Waals surface area (Å²) in [4.78, 5) is 0. The molecule has 0 unspecified atom stereocenters. The van der Waals surface area contributed by atoms with E-state index in [1.54, 1.807) is 0 Å². The fourth-order valence-electron chi connectivity index (χ4n) is 0.633. The summed E-state index contributed by atoms with van der Waals surface area (Å²) in [5, 5.41) is 4.50. The number of nitrogens with zero attached hydrogens (tertiary/aromatic N) is 2. The first-order valence-corrected chi connectivity index (χ1v) is 3.86. The van der Waals surface area contributed by atoms with Crippen molar-refractivity contribution >= 4 is 11.5 Å². The summed E-state index contributed by atoms with van der Waals surface area (Å²) in [6, 6.07) is 0. The van der Waals surface area contributed by atoms with Gasteiger partial charge in [0.2, 0.25) is 0 Å². The lowest BCUT2D eigenvalue weighted by Gasteiger charge is -2.10. The van der Waals surface area contributed by atoms with E-state index in [1.165, 1.54) is 5.38 Å². The maximum atomic E-state index is 12.8. The third-order valence-corrected chi connectivity index (χ3v) is 1.70. The van der Waals surface area contributed by atoms with Gasteiger partial charge in [-0.25, -0.2) is 0 Å². The van der Waals surface area contributed by atoms with Crippen LogP contribution in [0.15, 0.2) is 5.38 Å². The van der Waals surface area contributed by atoms with Crippen molar-refractivity contribution in [3.8, 4) is 0 Å². The highest BCUT2D eigenvalue weighted by Crippen LogP contribution is 2.29. The second-order valence-electron chi connectivity index (χ2n) is 2.03. The van der Waals surface area contributed by atoms with Crippen LogP contribution in [0, 0.1) is 0 Å². The molecular weight excluding hydrogens is 172 g/mol. The smallest absolute Gasteiger partial charge is 0.293 e. The zero-order chi connectivity index (χ0) is 8.32. The van der Waals surface area contributed by atoms with Crippen LogP contribution < -0.4 is 5.73 Å². The molecule has 0 bridgehead atoms. The van der Waals surface area contributed by atoms with E-state index in [4.69, 9.17) is 5.73 Å². The fourth-order valence-corrected chi connectivity index (χ4v) is 1.13. The van der Waals surface area contributed by atoms with Crippen molar-refractivity contribution < 1.29 is 8.78 Å². The Bertz CT molecular complexity index is 212. The maximum Gasteiger partial charge on any atom is 0.293 e. The van der Waals surface area contributed by atoms with E-state index < -0.39 is 5.92 Å². The van der Waals surface area contributed by atoms with Gasteiger partial charge in [-0.15, -0.1) is 5.10 Å². The van der Waals surface area contributed by atoms with Crippen LogP contribution >= 0.6 is 11.5 Å². The third kappa shape index (κ3) is 1.90. The maximum absolute atomic E-state index is 12.8. The molecule has 1 heterocycles. The number of rotatable bonds is 3. The molecule has 1 aromatic heterocycles. The van der Waals surface area contributed by atoms with E-state index >= 15 is 0 Å². The molecule has 0 aliphatic rings. The van der Waals surface area contributed by atoms with Crippen LogP contribution in [0.1, 0.15) is 12.1 Å². The lowest BCUT2D eigenvalue weighted by Crippen LogP contribution is -2.18. The van der Waals surface area contributed by atoms with Gasteiger partial charge in [-0.05, 0) is 18.1 Å². The minimum Gasteiger partial charge on any atom is -0.330 e. The molecule has 0 spiro atoms. The molecule has 0 fully saturated rings. The Morgan fingerprint density at radius 2 is 2.36 bits per heavy atom. The SMILES string of the molecule is NCCC(F)(F)c1csnn1. The standard InChI is InChI=1S/C5H7F2N3S/c6-5(7,1-2-8)4-3-11-10-9-4/h3H,1-2,8H2. The molecule has 2 N–H and O–H groups in total. The van der Waals surface area contributed by atoms with Crippen LogP contribution in [0.4, 0.5) is 8.78 Å². The lowest BCUT2D eigenvalue weighted by atomic mass is 10.2. The number of alkyl halides is 2. The second kappa shape index (κ2) is 3.19. The number of aromatic nitrogens is 2. The van der Waals surface area contributed by atoms with Crippen LogP contribution in [0.3, 0.4) is 0 Å². The van der Waals surface area contributed by atoms with Crippen LogP contribution in [0.2, 0.25) is 0 Å². The van der Waals surface area contributed by atoms with E-state index in [0.29, 0.717) is 0 Å². The second-order valence-corrected chi connectivity index (χ2v) is 2.64. The molecule has 11 heavy (non-hydrogen) atoms. The van der Waals surface area contributed by atoms with Gasteiger partial charge in [-0.2, -0.15) is 8.78 Å². The Kier molecular flexibility index (Phi) is 2.45. The molecule has 0 aromatic carbocycles. The summed E-state index contributed by atoms with van der Waals surface area (Å²) in [7, 11) is 0. The van der Waals surface area contributed by atoms with Crippen molar-refractivity contribution in [2.75, 3.05) is 6.54 Å². The van der Waals surface area contributed by atoms with Crippen molar-refractivity contribution in [2.45, 2.75) is 12.3 Å². The molecule has 0 amide bonds. The van der Waals surface area contributed by atoms with Crippen molar-refractivity contribution in [2.24, 2.45) is 5.73 Å². The van der Waals surface area contributed by atoms with Crippen molar-refractivity contribution in [1.29, 1.82) is 0 Å². The normalized spacial score (nSPS) is 11.9. The van der Waals surface area contributed by atoms with Gasteiger partial charge in [-0.3, -0.25) is 0 Å². The third-order valence-electron chi connectivity index (χ3n) is 1.19. The molecule has 0 radical (unpaired) electrons. The van der Waals surface area contributed by atoms with Gasteiger partial charge in [0.1, 0.15) is 5.69 Å². The van der Waals surface area contributed by atoms with Gasteiger partial charge in [0.05, 0.1) is 0 Å². The molecule has 3 nitrogen and oxygen atoms in total. The first-order valence-electron chi connectivity index (χ1n) is 3.02. The average molecular weight is 179 g/mol. The minimum atomic E-state index is -2.91. The zero-order valence-electron chi connectivity index (χ0n) is 5.63. The van der Waals surface area contributed by atoms with Gasteiger partial charge >= 0.3 is 0 Å². The first kappa shape index (κ1) is 8.48. The summed E-state index contributed by atoms with van der Waals surface area (Å²) in [6.45, 7) is -0.0511. The van der Waals surface area contributed by atoms with Crippen LogP contribution in [-0.4, -0.2) is 16.1 Å². The zero-order valence-corrected chi connectivity index (χ0v) is 6.44. The monoisotopic (exact) mass is 179 g/mol. The van der Waals surface area contributed by atoms with Gasteiger partial charge in [0, 0.05) is 11.8 Å². The Morgan fingerprint density at radius 3 is 2.82 bits per heavy atom. The van der Waals surface area contributed by atoms with Gasteiger partial charge in [0.25, 0.3) is 5.92 Å². The lowest BCUT2D eigenvalue weighted by molar-refractivity contribution is -0.0151. The average Bonchev–Trinajstić information content (AvgIpc) is 2.37. The number of halogens is 2. The van der Waals surface area contributed by atoms with Crippen LogP contribution in [0.25, 0.3) is 0 Å². The first-order chi connectivity index (χ1) is 5.17. The largest absolute Gasteiger partial charge is 0.330 e. The summed E-state index contributed by atoms with van der Waals surface area (Å²) < 4.78 is 29.0. The molecule has 0 atom stereocenters. The quantitative estimate of drug-likeness (QED) is 0.752. The number of nitrogens with two attached hydrogens (primary N) is 1. The van der Waals surface area contributed by atoms with Crippen molar-refractivity contribution in [3.05, 3.63) is 11.1 Å². The molecule has 0 aliphatic heterocycles. The highest BCUT2D eigenvalue weighted by Gasteiger charge is 2.33. The van der Waals surface area contributed by atoms with Gasteiger partial charge in [0.15, 0.2) is 0 Å². The fraction of sp³-hybridized carbons (Fsp3) is 0.600. The topological polar surface area (TPSA) is 51.8 Å². The molecule has 0 saturated carbocycles. The molecule has 0 aliphatic carbocycles. The molecule has 1 aromatic rings. The number of hydrogen-bond acceptors (Lipinski definition) is 4. The summed E-state index contributed by atoms with van der Waals surface area (Å²) >= 11 is 0.910. The Balaban J connectivity index is 2.73. The van der Waals surface area contributed by atoms with Crippen molar-refractivity contribution in [1.82, 2.24) is 9.59 Å². The predicted octanol–water partition coefficient (Wildman–Crippen LogP) is 0.979. The van der Waals surface area contributed by atoms with Crippen LogP contribution in [-0.2, 0) is 5.92 Å². The van der Waals surface area contributed by atoms with Crippen LogP contribution in [0.5, 0.6) is 0 Å². The van der Waals surface area contributed by atoms with E-state index in [2.05, 4.69) is 9.59 Å². The highest BCUT2D eigenvalue weighted by atomic mass is 32.1. The highest BCUT2D eigenvalue weighted by molar-refractivity contribution is 7.03. The summed E-state index contributed by atoms with van der Waals surface area (Å²) in [6.07, 6.45) is -0.377. The Morgan fingerprint density at radius 1 is 1.64 bits per heavy atom. The van der Waals surface area contributed by atoms with E-state index in [-0.39, 0.29) is 18.7 Å². The van der Waals surface area contributed by atoms with Crippen molar-refractivity contribution in [3.63, 3.8) is 0 Å². The Hall–Kier alpha value is -0.620. The molecular formula is C5H7F2N3S. The molecule has 62 valence electrons. The summed E-state index contributed by atoms with van der Waals surface area (Å²) in [5.41, 5.74) is 4.71.